The summed E-state index contributed by atoms with van der Waals surface area (Å²) >= 11 is 0. The van der Waals surface area contributed by atoms with Gasteiger partial charge in [-0.1, -0.05) is 42.5 Å². The second-order valence-corrected chi connectivity index (χ2v) is 6.83. The summed E-state index contributed by atoms with van der Waals surface area (Å²) < 4.78 is 0. The second-order valence-electron chi connectivity index (χ2n) is 6.83. The summed E-state index contributed by atoms with van der Waals surface area (Å²) in [7, 11) is 0. The fraction of sp³-hybridized carbons (Fsp3) is 0.286. The van der Waals surface area contributed by atoms with Gasteiger partial charge in [0.2, 0.25) is 5.91 Å². The smallest absolute Gasteiger partial charge is 0.272 e. The van der Waals surface area contributed by atoms with Gasteiger partial charge in [-0.2, -0.15) is 5.10 Å². The van der Waals surface area contributed by atoms with E-state index in [-0.39, 0.29) is 30.8 Å². The molecule has 1 heterocycles. The minimum absolute atomic E-state index is 0.0520. The molecule has 2 amide bonds. The number of benzene rings is 2. The summed E-state index contributed by atoms with van der Waals surface area (Å²) in [6, 6.07) is 15.8. The monoisotopic (exact) mass is 362 g/mol. The van der Waals surface area contributed by atoms with Crippen LogP contribution in [0.1, 0.15) is 46.9 Å². The molecule has 1 aliphatic rings. The van der Waals surface area contributed by atoms with Crippen LogP contribution in [0.4, 0.5) is 0 Å². The molecular formula is C21H22N4O2. The molecule has 0 radical (unpaired) electrons. The number of carbonyl (C=O) groups is 2. The van der Waals surface area contributed by atoms with Crippen LogP contribution in [-0.2, 0) is 11.2 Å². The van der Waals surface area contributed by atoms with E-state index in [1.807, 2.05) is 36.4 Å². The van der Waals surface area contributed by atoms with Crippen molar-refractivity contribution in [2.45, 2.75) is 31.7 Å². The SMILES string of the molecule is O=C(CCNC(=O)c1n[nH]c2ccccc12)NC1CCCc2ccccc21. The van der Waals surface area contributed by atoms with Gasteiger partial charge in [0, 0.05) is 18.4 Å². The fourth-order valence-corrected chi connectivity index (χ4v) is 3.68. The molecule has 1 aliphatic carbocycles. The quantitative estimate of drug-likeness (QED) is 0.652. The third kappa shape index (κ3) is 3.69. The lowest BCUT2D eigenvalue weighted by molar-refractivity contribution is -0.121. The molecule has 6 heteroatoms. The number of hydrogen-bond acceptors (Lipinski definition) is 3. The number of nitrogens with one attached hydrogen (secondary N) is 3. The molecule has 27 heavy (non-hydrogen) atoms. The van der Waals surface area contributed by atoms with Gasteiger partial charge in [-0.15, -0.1) is 0 Å². The number of carbonyl (C=O) groups excluding carboxylic acids is 2. The largest absolute Gasteiger partial charge is 0.350 e. The van der Waals surface area contributed by atoms with E-state index in [1.54, 1.807) is 0 Å². The van der Waals surface area contributed by atoms with E-state index in [2.05, 4.69) is 33.0 Å². The van der Waals surface area contributed by atoms with Crippen LogP contribution in [0.3, 0.4) is 0 Å². The van der Waals surface area contributed by atoms with Crippen molar-refractivity contribution in [2.75, 3.05) is 6.54 Å². The highest BCUT2D eigenvalue weighted by Gasteiger charge is 2.21. The number of aromatic nitrogens is 2. The normalized spacial score (nSPS) is 15.9. The van der Waals surface area contributed by atoms with Gasteiger partial charge in [0.1, 0.15) is 0 Å². The standard InChI is InChI=1S/C21H22N4O2/c26-19(23-17-11-5-7-14-6-1-2-8-15(14)17)12-13-22-21(27)20-16-9-3-4-10-18(16)24-25-20/h1-4,6,8-10,17H,5,7,11-13H2,(H,22,27)(H,23,26)(H,24,25). The lowest BCUT2D eigenvalue weighted by atomic mass is 9.88. The van der Waals surface area contributed by atoms with E-state index in [1.165, 1.54) is 11.1 Å². The maximum Gasteiger partial charge on any atom is 0.272 e. The van der Waals surface area contributed by atoms with E-state index in [9.17, 15) is 9.59 Å². The third-order valence-electron chi connectivity index (χ3n) is 5.03. The molecule has 0 saturated heterocycles. The molecule has 1 unspecified atom stereocenters. The van der Waals surface area contributed by atoms with Gasteiger partial charge < -0.3 is 10.6 Å². The van der Waals surface area contributed by atoms with E-state index < -0.39 is 0 Å². The van der Waals surface area contributed by atoms with Crippen LogP contribution in [-0.4, -0.2) is 28.6 Å². The van der Waals surface area contributed by atoms with Gasteiger partial charge in [0.15, 0.2) is 5.69 Å². The van der Waals surface area contributed by atoms with Gasteiger partial charge >= 0.3 is 0 Å². The number of rotatable bonds is 5. The van der Waals surface area contributed by atoms with Gasteiger partial charge in [0.05, 0.1) is 11.6 Å². The highest BCUT2D eigenvalue weighted by Crippen LogP contribution is 2.29. The Labute approximate surface area is 157 Å². The van der Waals surface area contributed by atoms with E-state index >= 15 is 0 Å². The first-order chi connectivity index (χ1) is 13.2. The van der Waals surface area contributed by atoms with Gasteiger partial charge in [-0.3, -0.25) is 14.7 Å². The molecule has 0 spiro atoms. The van der Waals surface area contributed by atoms with Gasteiger partial charge in [-0.25, -0.2) is 0 Å². The summed E-state index contributed by atoms with van der Waals surface area (Å²) in [4.78, 5) is 24.6. The van der Waals surface area contributed by atoms with E-state index in [0.717, 1.165) is 30.2 Å². The van der Waals surface area contributed by atoms with Crippen molar-refractivity contribution in [3.8, 4) is 0 Å². The van der Waals surface area contributed by atoms with Crippen molar-refractivity contribution in [3.05, 3.63) is 65.4 Å². The number of aryl methyl sites for hydroxylation is 1. The van der Waals surface area contributed by atoms with Crippen molar-refractivity contribution >= 4 is 22.7 Å². The average Bonchev–Trinajstić information content (AvgIpc) is 3.12. The Balaban J connectivity index is 1.31. The Morgan fingerprint density at radius 3 is 2.85 bits per heavy atom. The van der Waals surface area contributed by atoms with Crippen LogP contribution in [0.25, 0.3) is 10.9 Å². The van der Waals surface area contributed by atoms with E-state index in [4.69, 9.17) is 0 Å². The maximum absolute atomic E-state index is 12.3. The zero-order chi connectivity index (χ0) is 18.6. The fourth-order valence-electron chi connectivity index (χ4n) is 3.68. The molecule has 1 atom stereocenters. The van der Waals surface area contributed by atoms with Crippen molar-refractivity contribution in [2.24, 2.45) is 0 Å². The Morgan fingerprint density at radius 2 is 1.93 bits per heavy atom. The topological polar surface area (TPSA) is 86.9 Å². The average molecular weight is 362 g/mol. The number of nitrogens with zero attached hydrogens (tertiary/aromatic N) is 1. The summed E-state index contributed by atoms with van der Waals surface area (Å²) in [5.41, 5.74) is 3.69. The number of aromatic amines is 1. The minimum Gasteiger partial charge on any atom is -0.350 e. The number of hydrogen-bond donors (Lipinski definition) is 3. The van der Waals surface area contributed by atoms with E-state index in [0.29, 0.717) is 5.69 Å². The Morgan fingerprint density at radius 1 is 1.11 bits per heavy atom. The molecule has 138 valence electrons. The zero-order valence-corrected chi connectivity index (χ0v) is 15.0. The first-order valence-corrected chi connectivity index (χ1v) is 9.31. The summed E-state index contributed by atoms with van der Waals surface area (Å²) in [6.07, 6.45) is 3.34. The molecule has 1 aromatic heterocycles. The van der Waals surface area contributed by atoms with Crippen LogP contribution in [0.2, 0.25) is 0 Å². The molecule has 6 nitrogen and oxygen atoms in total. The highest BCUT2D eigenvalue weighted by atomic mass is 16.2. The molecule has 3 aromatic rings. The number of H-pyrrole nitrogens is 1. The van der Waals surface area contributed by atoms with Crippen LogP contribution in [0.15, 0.2) is 48.5 Å². The lowest BCUT2D eigenvalue weighted by Gasteiger charge is -2.26. The van der Waals surface area contributed by atoms with Crippen molar-refractivity contribution in [3.63, 3.8) is 0 Å². The predicted octanol–water partition coefficient (Wildman–Crippen LogP) is 2.88. The molecule has 2 aromatic carbocycles. The third-order valence-corrected chi connectivity index (χ3v) is 5.03. The second kappa shape index (κ2) is 7.61. The molecular weight excluding hydrogens is 340 g/mol. The van der Waals surface area contributed by atoms with Crippen molar-refractivity contribution < 1.29 is 9.59 Å². The molecule has 0 saturated carbocycles. The van der Waals surface area contributed by atoms with Crippen LogP contribution < -0.4 is 10.6 Å². The Kier molecular flexibility index (Phi) is 4.87. The Hall–Kier alpha value is -3.15. The molecule has 4 rings (SSSR count). The molecule has 3 N–H and O–H groups in total. The predicted molar refractivity (Wildman–Crippen MR) is 103 cm³/mol. The number of para-hydroxylation sites is 1. The summed E-state index contributed by atoms with van der Waals surface area (Å²) in [6.45, 7) is 0.278. The number of amides is 2. The highest BCUT2D eigenvalue weighted by molar-refractivity contribution is 6.04. The maximum atomic E-state index is 12.3. The van der Waals surface area contributed by atoms with Gasteiger partial charge in [0.25, 0.3) is 5.91 Å². The van der Waals surface area contributed by atoms with Gasteiger partial charge in [-0.05, 0) is 36.5 Å². The van der Waals surface area contributed by atoms with Crippen LogP contribution in [0, 0.1) is 0 Å². The summed E-state index contributed by atoms with van der Waals surface area (Å²) in [5, 5.41) is 13.6. The molecule has 0 aliphatic heterocycles. The van der Waals surface area contributed by atoms with Crippen molar-refractivity contribution in [1.82, 2.24) is 20.8 Å². The minimum atomic E-state index is -0.275. The first-order valence-electron chi connectivity index (χ1n) is 9.31. The zero-order valence-electron chi connectivity index (χ0n) is 15.0. The molecule has 0 fully saturated rings. The Bertz CT molecular complexity index is 979. The summed E-state index contributed by atoms with van der Waals surface area (Å²) in [5.74, 6) is -0.327. The van der Waals surface area contributed by atoms with Crippen LogP contribution in [0.5, 0.6) is 0 Å². The lowest BCUT2D eigenvalue weighted by Crippen LogP contribution is -2.34. The number of fused-ring (bicyclic) bond motifs is 2. The molecule has 0 bridgehead atoms. The van der Waals surface area contributed by atoms with Crippen molar-refractivity contribution in [1.29, 1.82) is 0 Å². The first kappa shape index (κ1) is 17.3. The van der Waals surface area contributed by atoms with Crippen LogP contribution >= 0.6 is 0 Å².